The zero-order chi connectivity index (χ0) is 14.4. The Labute approximate surface area is 118 Å². The molecule has 19 heavy (non-hydrogen) atoms. The van der Waals surface area contributed by atoms with Gasteiger partial charge >= 0.3 is 6.03 Å². The summed E-state index contributed by atoms with van der Waals surface area (Å²) >= 11 is 1.41. The summed E-state index contributed by atoms with van der Waals surface area (Å²) in [6, 6.07) is -0.172. The van der Waals surface area contributed by atoms with Crippen LogP contribution in [0.4, 0.5) is 4.79 Å². The Morgan fingerprint density at radius 2 is 1.95 bits per heavy atom. The van der Waals surface area contributed by atoms with E-state index >= 15 is 0 Å². The van der Waals surface area contributed by atoms with Gasteiger partial charge in [0.1, 0.15) is 0 Å². The largest absolute Gasteiger partial charge is 0.357 e. The Morgan fingerprint density at radius 1 is 1.32 bits per heavy atom. The quantitative estimate of drug-likeness (QED) is 0.771. The fraction of sp³-hybridized carbons (Fsp3) is 0.692. The van der Waals surface area contributed by atoms with E-state index in [1.54, 1.807) is 14.1 Å². The van der Waals surface area contributed by atoms with Crippen molar-refractivity contribution in [3.05, 3.63) is 10.6 Å². The van der Waals surface area contributed by atoms with Gasteiger partial charge in [0.05, 0.1) is 4.91 Å². The summed E-state index contributed by atoms with van der Waals surface area (Å²) in [6.07, 6.45) is 1.41. The van der Waals surface area contributed by atoms with Gasteiger partial charge in [-0.2, -0.15) is 0 Å². The zero-order valence-electron chi connectivity index (χ0n) is 12.1. The Bertz CT molecular complexity index is 471. The monoisotopic (exact) mass is 283 g/mol. The highest BCUT2D eigenvalue weighted by atomic mass is 32.2. The minimum Gasteiger partial charge on any atom is -0.357 e. The SMILES string of the molecule is CN(C)C(=O)NC1(C)NC2=C(S1)C(=O)CC(C)(C)C2. The first-order valence-electron chi connectivity index (χ1n) is 6.35. The molecule has 1 unspecified atom stereocenters. The highest BCUT2D eigenvalue weighted by molar-refractivity contribution is 8.05. The fourth-order valence-electron chi connectivity index (χ4n) is 2.41. The van der Waals surface area contributed by atoms with Crippen LogP contribution in [0, 0.1) is 5.41 Å². The topological polar surface area (TPSA) is 61.4 Å². The lowest BCUT2D eigenvalue weighted by atomic mass is 9.79. The molecular weight excluding hydrogens is 262 g/mol. The first-order valence-corrected chi connectivity index (χ1v) is 7.17. The van der Waals surface area contributed by atoms with Gasteiger partial charge in [-0.1, -0.05) is 25.6 Å². The van der Waals surface area contributed by atoms with E-state index in [9.17, 15) is 9.59 Å². The number of nitrogens with one attached hydrogen (secondary N) is 2. The van der Waals surface area contributed by atoms with Crippen LogP contribution in [-0.2, 0) is 4.79 Å². The van der Waals surface area contributed by atoms with Crippen LogP contribution in [0.3, 0.4) is 0 Å². The van der Waals surface area contributed by atoms with Crippen molar-refractivity contribution in [1.29, 1.82) is 0 Å². The van der Waals surface area contributed by atoms with Crippen molar-refractivity contribution in [3.8, 4) is 0 Å². The average Bonchev–Trinajstić information content (AvgIpc) is 2.52. The second kappa shape index (κ2) is 4.44. The van der Waals surface area contributed by atoms with Gasteiger partial charge in [-0.25, -0.2) is 4.79 Å². The molecule has 2 N–H and O–H groups in total. The standard InChI is InChI=1S/C13H21N3O2S/c1-12(2)6-8-10(9(17)7-12)19-13(3,14-8)15-11(18)16(4)5/h14H,6-7H2,1-5H3,(H,15,18). The molecule has 5 nitrogen and oxygen atoms in total. The van der Waals surface area contributed by atoms with Crippen molar-refractivity contribution in [3.63, 3.8) is 0 Å². The molecule has 0 aromatic carbocycles. The third-order valence-corrected chi connectivity index (χ3v) is 4.56. The van der Waals surface area contributed by atoms with Gasteiger partial charge in [-0.15, -0.1) is 0 Å². The summed E-state index contributed by atoms with van der Waals surface area (Å²) in [5.41, 5.74) is 0.952. The first-order chi connectivity index (χ1) is 8.62. The summed E-state index contributed by atoms with van der Waals surface area (Å²) in [6.45, 7) is 6.07. The Morgan fingerprint density at radius 3 is 2.53 bits per heavy atom. The number of urea groups is 1. The third-order valence-electron chi connectivity index (χ3n) is 3.27. The van der Waals surface area contributed by atoms with E-state index < -0.39 is 4.99 Å². The maximum Gasteiger partial charge on any atom is 0.319 e. The molecule has 2 aliphatic rings. The van der Waals surface area contributed by atoms with E-state index in [2.05, 4.69) is 24.5 Å². The van der Waals surface area contributed by atoms with Gasteiger partial charge in [0, 0.05) is 26.2 Å². The molecule has 0 saturated heterocycles. The molecular formula is C13H21N3O2S. The number of hydrogen-bond donors (Lipinski definition) is 2. The minimum absolute atomic E-state index is 0.0136. The zero-order valence-corrected chi connectivity index (χ0v) is 12.9. The van der Waals surface area contributed by atoms with E-state index in [0.717, 1.165) is 17.0 Å². The summed E-state index contributed by atoms with van der Waals surface area (Å²) in [4.78, 5) is 25.6. The third kappa shape index (κ3) is 2.88. The Balaban J connectivity index is 2.14. The molecule has 0 aromatic heterocycles. The number of thioether (sulfide) groups is 1. The first kappa shape index (κ1) is 14.2. The van der Waals surface area contributed by atoms with Crippen molar-refractivity contribution in [2.45, 2.75) is 38.6 Å². The predicted octanol–water partition coefficient (Wildman–Crippen LogP) is 1.87. The van der Waals surface area contributed by atoms with Gasteiger partial charge in [-0.3, -0.25) is 4.79 Å². The highest BCUT2D eigenvalue weighted by Crippen LogP contribution is 2.47. The molecule has 0 saturated carbocycles. The maximum absolute atomic E-state index is 12.2. The van der Waals surface area contributed by atoms with Gasteiger partial charge in [0.25, 0.3) is 0 Å². The number of carbonyl (C=O) groups is 2. The van der Waals surface area contributed by atoms with E-state index in [1.807, 2.05) is 6.92 Å². The molecule has 6 heteroatoms. The molecule has 1 aliphatic carbocycles. The molecule has 1 atom stereocenters. The van der Waals surface area contributed by atoms with Gasteiger partial charge in [-0.05, 0) is 18.8 Å². The summed E-state index contributed by atoms with van der Waals surface area (Å²) in [5, 5.41) is 6.21. The number of Topliss-reactive ketones (excluding diaryl/α,β-unsaturated/α-hetero) is 1. The summed E-state index contributed by atoms with van der Waals surface area (Å²) in [7, 11) is 3.39. The van der Waals surface area contributed by atoms with E-state index in [0.29, 0.717) is 6.42 Å². The van der Waals surface area contributed by atoms with E-state index in [-0.39, 0.29) is 17.2 Å². The fourth-order valence-corrected chi connectivity index (χ4v) is 3.57. The molecule has 0 aromatic rings. The molecule has 0 bridgehead atoms. The highest BCUT2D eigenvalue weighted by Gasteiger charge is 2.44. The van der Waals surface area contributed by atoms with Gasteiger partial charge < -0.3 is 15.5 Å². The number of nitrogens with zero attached hydrogens (tertiary/aromatic N) is 1. The van der Waals surface area contributed by atoms with Crippen molar-refractivity contribution in [2.75, 3.05) is 14.1 Å². The van der Waals surface area contributed by atoms with Crippen LogP contribution >= 0.6 is 11.8 Å². The van der Waals surface area contributed by atoms with Crippen LogP contribution in [0.2, 0.25) is 0 Å². The number of ketones is 1. The molecule has 2 amide bonds. The molecule has 0 spiro atoms. The molecule has 1 aliphatic heterocycles. The normalized spacial score (nSPS) is 28.8. The second-order valence-electron chi connectivity index (χ2n) is 6.33. The van der Waals surface area contributed by atoms with Crippen molar-refractivity contribution >= 4 is 23.6 Å². The predicted molar refractivity (Wildman–Crippen MR) is 76.4 cm³/mol. The van der Waals surface area contributed by atoms with Crippen molar-refractivity contribution < 1.29 is 9.59 Å². The Hall–Kier alpha value is -1.17. The van der Waals surface area contributed by atoms with Crippen LogP contribution in [0.25, 0.3) is 0 Å². The van der Waals surface area contributed by atoms with Gasteiger partial charge in [0.15, 0.2) is 10.8 Å². The molecule has 0 fully saturated rings. The smallest absolute Gasteiger partial charge is 0.319 e. The molecule has 0 radical (unpaired) electrons. The molecule has 2 rings (SSSR count). The van der Waals surface area contributed by atoms with E-state index in [4.69, 9.17) is 0 Å². The molecule has 1 heterocycles. The Kier molecular flexibility index (Phi) is 3.33. The number of rotatable bonds is 1. The lowest BCUT2D eigenvalue weighted by Gasteiger charge is -2.30. The van der Waals surface area contributed by atoms with Crippen molar-refractivity contribution in [1.82, 2.24) is 15.5 Å². The van der Waals surface area contributed by atoms with Crippen LogP contribution < -0.4 is 10.6 Å². The number of allylic oxidation sites excluding steroid dienone is 2. The van der Waals surface area contributed by atoms with E-state index in [1.165, 1.54) is 16.7 Å². The number of carbonyl (C=O) groups excluding carboxylic acids is 2. The maximum atomic E-state index is 12.2. The van der Waals surface area contributed by atoms with Crippen LogP contribution in [0.1, 0.15) is 33.6 Å². The average molecular weight is 283 g/mol. The van der Waals surface area contributed by atoms with Crippen LogP contribution in [-0.4, -0.2) is 35.8 Å². The van der Waals surface area contributed by atoms with Crippen LogP contribution in [0.15, 0.2) is 10.6 Å². The summed E-state index contributed by atoms with van der Waals surface area (Å²) in [5.74, 6) is 0.173. The summed E-state index contributed by atoms with van der Waals surface area (Å²) < 4.78 is 0. The minimum atomic E-state index is -0.637. The lowest BCUT2D eigenvalue weighted by molar-refractivity contribution is -0.117. The number of hydrogen-bond acceptors (Lipinski definition) is 4. The lowest BCUT2D eigenvalue weighted by Crippen LogP contribution is -2.54. The van der Waals surface area contributed by atoms with Crippen LogP contribution in [0.5, 0.6) is 0 Å². The van der Waals surface area contributed by atoms with Gasteiger partial charge in [0.2, 0.25) is 0 Å². The number of amides is 2. The molecule has 106 valence electrons. The second-order valence-corrected chi connectivity index (χ2v) is 7.76. The van der Waals surface area contributed by atoms with Crippen molar-refractivity contribution in [2.24, 2.45) is 5.41 Å².